The molecule has 0 bridgehead atoms. The predicted molar refractivity (Wildman–Crippen MR) is 83.5 cm³/mol. The molecule has 0 aromatic heterocycles. The van der Waals surface area contributed by atoms with Crippen molar-refractivity contribution in [1.82, 2.24) is 5.32 Å². The Balaban J connectivity index is 1.99. The van der Waals surface area contributed by atoms with Gasteiger partial charge >= 0.3 is 0 Å². The molecule has 2 rings (SSSR count). The van der Waals surface area contributed by atoms with Gasteiger partial charge in [-0.05, 0) is 42.3 Å². The molecule has 0 atom stereocenters. The fourth-order valence-electron chi connectivity index (χ4n) is 1.96. The third-order valence-electron chi connectivity index (χ3n) is 3.11. The monoisotopic (exact) mass is 304 g/mol. The SMILES string of the molecule is NCCc1ccc(CNC(=O)c2cc(Cl)ccc2O)cc1. The summed E-state index contributed by atoms with van der Waals surface area (Å²) >= 11 is 5.82. The van der Waals surface area contributed by atoms with Crippen LogP contribution in [-0.2, 0) is 13.0 Å². The smallest absolute Gasteiger partial charge is 0.255 e. The molecule has 21 heavy (non-hydrogen) atoms. The summed E-state index contributed by atoms with van der Waals surface area (Å²) in [6, 6.07) is 12.3. The lowest BCUT2D eigenvalue weighted by atomic mass is 10.1. The zero-order chi connectivity index (χ0) is 15.2. The summed E-state index contributed by atoms with van der Waals surface area (Å²) in [7, 11) is 0. The second-order valence-corrected chi connectivity index (χ2v) is 5.14. The third kappa shape index (κ3) is 4.21. The zero-order valence-corrected chi connectivity index (χ0v) is 12.2. The van der Waals surface area contributed by atoms with Gasteiger partial charge < -0.3 is 16.2 Å². The average molecular weight is 305 g/mol. The van der Waals surface area contributed by atoms with Crippen LogP contribution in [0.1, 0.15) is 21.5 Å². The second kappa shape index (κ2) is 7.11. The van der Waals surface area contributed by atoms with Crippen molar-refractivity contribution in [2.45, 2.75) is 13.0 Å². The van der Waals surface area contributed by atoms with Crippen molar-refractivity contribution in [3.63, 3.8) is 0 Å². The van der Waals surface area contributed by atoms with Gasteiger partial charge in [-0.1, -0.05) is 35.9 Å². The molecule has 4 N–H and O–H groups in total. The van der Waals surface area contributed by atoms with Gasteiger partial charge in [0.05, 0.1) is 5.56 Å². The molecule has 2 aromatic rings. The van der Waals surface area contributed by atoms with Gasteiger partial charge in [-0.3, -0.25) is 4.79 Å². The molecule has 0 aliphatic heterocycles. The Morgan fingerprint density at radius 1 is 1.14 bits per heavy atom. The van der Waals surface area contributed by atoms with Crippen LogP contribution in [0.15, 0.2) is 42.5 Å². The zero-order valence-electron chi connectivity index (χ0n) is 11.5. The van der Waals surface area contributed by atoms with Gasteiger partial charge in [-0.25, -0.2) is 0 Å². The van der Waals surface area contributed by atoms with Crippen LogP contribution in [-0.4, -0.2) is 17.6 Å². The van der Waals surface area contributed by atoms with Crippen LogP contribution in [0.4, 0.5) is 0 Å². The van der Waals surface area contributed by atoms with Crippen molar-refractivity contribution in [2.75, 3.05) is 6.54 Å². The van der Waals surface area contributed by atoms with Crippen LogP contribution in [0.5, 0.6) is 5.75 Å². The van der Waals surface area contributed by atoms with E-state index in [9.17, 15) is 9.90 Å². The molecule has 0 aliphatic carbocycles. The minimum absolute atomic E-state index is 0.0878. The summed E-state index contributed by atoms with van der Waals surface area (Å²) < 4.78 is 0. The van der Waals surface area contributed by atoms with Gasteiger partial charge in [-0.15, -0.1) is 0 Å². The lowest BCUT2D eigenvalue weighted by Gasteiger charge is -2.08. The molecule has 2 aromatic carbocycles. The number of phenols is 1. The number of halogens is 1. The van der Waals surface area contributed by atoms with Crippen molar-refractivity contribution in [2.24, 2.45) is 5.73 Å². The number of rotatable bonds is 5. The van der Waals surface area contributed by atoms with Crippen molar-refractivity contribution in [3.8, 4) is 5.75 Å². The number of phenolic OH excluding ortho intramolecular Hbond substituents is 1. The first-order valence-corrected chi connectivity index (χ1v) is 7.02. The number of carbonyl (C=O) groups is 1. The van der Waals surface area contributed by atoms with E-state index in [1.807, 2.05) is 24.3 Å². The molecule has 0 saturated heterocycles. The van der Waals surface area contributed by atoms with Crippen LogP contribution in [0.2, 0.25) is 5.02 Å². The number of aromatic hydroxyl groups is 1. The number of amides is 1. The summed E-state index contributed by atoms with van der Waals surface area (Å²) in [5, 5.41) is 12.8. The van der Waals surface area contributed by atoms with E-state index in [0.29, 0.717) is 18.1 Å². The second-order valence-electron chi connectivity index (χ2n) is 4.70. The summed E-state index contributed by atoms with van der Waals surface area (Å²) in [5.41, 5.74) is 7.81. The molecule has 0 aliphatic rings. The Labute approximate surface area is 128 Å². The van der Waals surface area contributed by atoms with Crippen LogP contribution in [0.3, 0.4) is 0 Å². The van der Waals surface area contributed by atoms with Gasteiger partial charge in [-0.2, -0.15) is 0 Å². The van der Waals surface area contributed by atoms with E-state index >= 15 is 0 Å². The molecule has 0 heterocycles. The van der Waals surface area contributed by atoms with Crippen molar-refractivity contribution < 1.29 is 9.90 Å². The summed E-state index contributed by atoms with van der Waals surface area (Å²) in [5.74, 6) is -0.448. The molecule has 0 fully saturated rings. The highest BCUT2D eigenvalue weighted by Crippen LogP contribution is 2.21. The normalized spacial score (nSPS) is 10.4. The molecule has 1 amide bonds. The molecule has 4 nitrogen and oxygen atoms in total. The van der Waals surface area contributed by atoms with E-state index in [1.54, 1.807) is 0 Å². The minimum atomic E-state index is -0.360. The van der Waals surface area contributed by atoms with Crippen molar-refractivity contribution in [1.29, 1.82) is 0 Å². The molecule has 5 heteroatoms. The quantitative estimate of drug-likeness (QED) is 0.794. The lowest BCUT2D eigenvalue weighted by molar-refractivity contribution is 0.0948. The van der Waals surface area contributed by atoms with E-state index in [4.69, 9.17) is 17.3 Å². The molecular formula is C16H17ClN2O2. The van der Waals surface area contributed by atoms with Crippen molar-refractivity contribution in [3.05, 3.63) is 64.2 Å². The van der Waals surface area contributed by atoms with Gasteiger partial charge in [0.15, 0.2) is 0 Å². The van der Waals surface area contributed by atoms with Gasteiger partial charge in [0.2, 0.25) is 0 Å². The first-order chi connectivity index (χ1) is 10.1. The van der Waals surface area contributed by atoms with Crippen molar-refractivity contribution >= 4 is 17.5 Å². The van der Waals surface area contributed by atoms with Gasteiger partial charge in [0, 0.05) is 11.6 Å². The Bertz CT molecular complexity index is 627. The molecule has 110 valence electrons. The first kappa shape index (κ1) is 15.4. The standard InChI is InChI=1S/C16H17ClN2O2/c17-13-5-6-15(20)14(9-13)16(21)19-10-12-3-1-11(2-4-12)7-8-18/h1-6,9,20H,7-8,10,18H2,(H,19,21). The van der Waals surface area contributed by atoms with E-state index in [2.05, 4.69) is 5.32 Å². The number of carbonyl (C=O) groups excluding carboxylic acids is 1. The Kier molecular flexibility index (Phi) is 5.20. The van der Waals surface area contributed by atoms with Crippen LogP contribution in [0.25, 0.3) is 0 Å². The highest BCUT2D eigenvalue weighted by Gasteiger charge is 2.11. The first-order valence-electron chi connectivity index (χ1n) is 6.65. The molecule has 0 spiro atoms. The maximum absolute atomic E-state index is 12.0. The van der Waals surface area contributed by atoms with Gasteiger partial charge in [0.1, 0.15) is 5.75 Å². The molecule has 0 unspecified atom stereocenters. The summed E-state index contributed by atoms with van der Waals surface area (Å²) in [4.78, 5) is 12.0. The predicted octanol–water partition coefficient (Wildman–Crippen LogP) is 2.48. The maximum atomic E-state index is 12.0. The highest BCUT2D eigenvalue weighted by molar-refractivity contribution is 6.31. The molecular weight excluding hydrogens is 288 g/mol. The fourth-order valence-corrected chi connectivity index (χ4v) is 2.13. The van der Waals surface area contributed by atoms with Crippen LogP contribution < -0.4 is 11.1 Å². The van der Waals surface area contributed by atoms with E-state index in [-0.39, 0.29) is 17.2 Å². The Morgan fingerprint density at radius 2 is 1.81 bits per heavy atom. The third-order valence-corrected chi connectivity index (χ3v) is 3.35. The number of nitrogens with two attached hydrogens (primary N) is 1. The average Bonchev–Trinajstić information content (AvgIpc) is 2.49. The van der Waals surface area contributed by atoms with E-state index in [0.717, 1.165) is 12.0 Å². The summed E-state index contributed by atoms with van der Waals surface area (Å²) in [6.07, 6.45) is 0.836. The lowest BCUT2D eigenvalue weighted by Crippen LogP contribution is -2.22. The number of nitrogens with one attached hydrogen (secondary N) is 1. The Hall–Kier alpha value is -2.04. The van der Waals surface area contributed by atoms with E-state index in [1.165, 1.54) is 23.8 Å². The Morgan fingerprint density at radius 3 is 2.48 bits per heavy atom. The number of hydrogen-bond donors (Lipinski definition) is 3. The van der Waals surface area contributed by atoms with Gasteiger partial charge in [0.25, 0.3) is 5.91 Å². The highest BCUT2D eigenvalue weighted by atomic mass is 35.5. The maximum Gasteiger partial charge on any atom is 0.255 e. The van der Waals surface area contributed by atoms with E-state index < -0.39 is 0 Å². The number of hydrogen-bond acceptors (Lipinski definition) is 3. The number of benzene rings is 2. The molecule has 0 radical (unpaired) electrons. The van der Waals surface area contributed by atoms with Crippen LogP contribution in [0, 0.1) is 0 Å². The summed E-state index contributed by atoms with van der Waals surface area (Å²) in [6.45, 7) is 0.998. The fraction of sp³-hybridized carbons (Fsp3) is 0.188. The topological polar surface area (TPSA) is 75.3 Å². The minimum Gasteiger partial charge on any atom is -0.507 e. The van der Waals surface area contributed by atoms with Crippen LogP contribution >= 0.6 is 11.6 Å². The molecule has 0 saturated carbocycles. The largest absolute Gasteiger partial charge is 0.507 e.